The summed E-state index contributed by atoms with van der Waals surface area (Å²) in [7, 11) is 0. The Labute approximate surface area is 135 Å². The first-order chi connectivity index (χ1) is 11.1. The van der Waals surface area contributed by atoms with Gasteiger partial charge in [0, 0.05) is 57.4 Å². The molecule has 2 aliphatic heterocycles. The highest BCUT2D eigenvalue weighted by molar-refractivity contribution is 5.79. The molecule has 23 heavy (non-hydrogen) atoms. The van der Waals surface area contributed by atoms with Crippen LogP contribution in [0.4, 0.5) is 5.69 Å². The molecule has 124 valence electrons. The molecule has 1 unspecified atom stereocenters. The second kappa shape index (κ2) is 7.06. The number of hydrogen-bond donors (Lipinski definition) is 1. The number of hydrogen-bond acceptors (Lipinski definition) is 5. The quantitative estimate of drug-likeness (QED) is 0.651. The summed E-state index contributed by atoms with van der Waals surface area (Å²) in [5.41, 5.74) is 0.882. The molecule has 0 saturated carbocycles. The highest BCUT2D eigenvalue weighted by Crippen LogP contribution is 2.18. The van der Waals surface area contributed by atoms with Gasteiger partial charge in [0.25, 0.3) is 5.69 Å². The van der Waals surface area contributed by atoms with E-state index in [1.807, 2.05) is 4.90 Å². The van der Waals surface area contributed by atoms with Crippen LogP contribution in [0.3, 0.4) is 0 Å². The molecule has 1 N–H and O–H groups in total. The van der Waals surface area contributed by atoms with Gasteiger partial charge in [0.05, 0.1) is 11.3 Å². The molecule has 2 aliphatic rings. The Kier molecular flexibility index (Phi) is 4.88. The number of nitro benzene ring substituents is 1. The van der Waals surface area contributed by atoms with E-state index in [0.717, 1.165) is 51.3 Å². The maximum absolute atomic E-state index is 12.4. The zero-order chi connectivity index (χ0) is 16.2. The minimum atomic E-state index is -0.426. The molecule has 2 heterocycles. The van der Waals surface area contributed by atoms with Crippen LogP contribution in [-0.4, -0.2) is 65.9 Å². The third-order valence-corrected chi connectivity index (χ3v) is 4.69. The van der Waals surface area contributed by atoms with Crippen LogP contribution in [-0.2, 0) is 11.2 Å². The number of benzene rings is 1. The van der Waals surface area contributed by atoms with Gasteiger partial charge in [-0.1, -0.05) is 12.1 Å². The third-order valence-electron chi connectivity index (χ3n) is 4.69. The number of amides is 1. The van der Waals surface area contributed by atoms with Gasteiger partial charge in [-0.15, -0.1) is 0 Å². The lowest BCUT2D eigenvalue weighted by Crippen LogP contribution is -2.49. The van der Waals surface area contributed by atoms with Gasteiger partial charge in [-0.05, 0) is 12.0 Å². The van der Waals surface area contributed by atoms with E-state index in [0.29, 0.717) is 12.5 Å². The number of piperazine rings is 1. The number of nitro groups is 1. The van der Waals surface area contributed by atoms with Gasteiger partial charge in [-0.25, -0.2) is 0 Å². The lowest BCUT2D eigenvalue weighted by molar-refractivity contribution is -0.384. The standard InChI is InChI=1S/C16H22N4O3/c21-16(11-13-1-3-14(4-2-13)20(22)23)19-8-5-15(12-19)18-9-6-17-7-10-18/h1-4,15,17H,5-12H2. The van der Waals surface area contributed by atoms with Crippen molar-refractivity contribution < 1.29 is 9.72 Å². The number of rotatable bonds is 4. The fraction of sp³-hybridized carbons (Fsp3) is 0.562. The molecule has 0 aliphatic carbocycles. The van der Waals surface area contributed by atoms with E-state index in [1.54, 1.807) is 12.1 Å². The molecule has 0 bridgehead atoms. The molecule has 2 fully saturated rings. The molecule has 0 spiro atoms. The first-order valence-corrected chi connectivity index (χ1v) is 8.09. The van der Waals surface area contributed by atoms with Crippen LogP contribution in [0.15, 0.2) is 24.3 Å². The summed E-state index contributed by atoms with van der Waals surface area (Å²) in [6, 6.07) is 6.71. The van der Waals surface area contributed by atoms with Crippen LogP contribution in [0.5, 0.6) is 0 Å². The van der Waals surface area contributed by atoms with E-state index in [1.165, 1.54) is 12.1 Å². The summed E-state index contributed by atoms with van der Waals surface area (Å²) in [6.45, 7) is 5.75. The van der Waals surface area contributed by atoms with E-state index >= 15 is 0 Å². The van der Waals surface area contributed by atoms with Crippen molar-refractivity contribution >= 4 is 11.6 Å². The monoisotopic (exact) mass is 318 g/mol. The molecule has 1 aromatic rings. The predicted molar refractivity (Wildman–Crippen MR) is 86.2 cm³/mol. The second-order valence-electron chi connectivity index (χ2n) is 6.17. The Morgan fingerprint density at radius 1 is 1.22 bits per heavy atom. The molecule has 3 rings (SSSR count). The predicted octanol–water partition coefficient (Wildman–Crippen LogP) is 0.643. The zero-order valence-electron chi connectivity index (χ0n) is 13.1. The topological polar surface area (TPSA) is 78.7 Å². The van der Waals surface area contributed by atoms with Crippen LogP contribution in [0.1, 0.15) is 12.0 Å². The Morgan fingerprint density at radius 3 is 2.57 bits per heavy atom. The van der Waals surface area contributed by atoms with Crippen LogP contribution in [0.25, 0.3) is 0 Å². The number of nitrogens with zero attached hydrogens (tertiary/aromatic N) is 3. The van der Waals surface area contributed by atoms with Crippen LogP contribution >= 0.6 is 0 Å². The van der Waals surface area contributed by atoms with Crippen molar-refractivity contribution in [2.24, 2.45) is 0 Å². The Balaban J connectivity index is 1.53. The van der Waals surface area contributed by atoms with Crippen molar-refractivity contribution in [3.05, 3.63) is 39.9 Å². The molecule has 0 radical (unpaired) electrons. The van der Waals surface area contributed by atoms with Gasteiger partial charge in [-0.3, -0.25) is 19.8 Å². The average Bonchev–Trinajstić information content (AvgIpc) is 3.06. The molecular weight excluding hydrogens is 296 g/mol. The molecule has 1 amide bonds. The van der Waals surface area contributed by atoms with Gasteiger partial charge in [0.15, 0.2) is 0 Å². The summed E-state index contributed by atoms with van der Waals surface area (Å²) in [6.07, 6.45) is 1.35. The third kappa shape index (κ3) is 3.86. The minimum Gasteiger partial charge on any atom is -0.341 e. The first-order valence-electron chi connectivity index (χ1n) is 8.09. The normalized spacial score (nSPS) is 22.3. The van der Waals surface area contributed by atoms with Crippen LogP contribution in [0.2, 0.25) is 0 Å². The Morgan fingerprint density at radius 2 is 1.91 bits per heavy atom. The number of carbonyl (C=O) groups is 1. The van der Waals surface area contributed by atoms with Crippen LogP contribution < -0.4 is 5.32 Å². The maximum Gasteiger partial charge on any atom is 0.269 e. The molecule has 1 aromatic carbocycles. The molecular formula is C16H22N4O3. The molecule has 7 heteroatoms. The molecule has 2 saturated heterocycles. The summed E-state index contributed by atoms with van der Waals surface area (Å²) in [4.78, 5) is 27.0. The minimum absolute atomic E-state index is 0.0566. The number of nitrogens with one attached hydrogen (secondary N) is 1. The van der Waals surface area contributed by atoms with E-state index in [2.05, 4.69) is 10.2 Å². The number of non-ortho nitro benzene ring substituents is 1. The van der Waals surface area contributed by atoms with E-state index in [-0.39, 0.29) is 11.6 Å². The fourth-order valence-corrected chi connectivity index (χ4v) is 3.34. The van der Waals surface area contributed by atoms with Crippen molar-refractivity contribution in [1.29, 1.82) is 0 Å². The highest BCUT2D eigenvalue weighted by Gasteiger charge is 2.30. The first kappa shape index (κ1) is 15.9. The molecule has 7 nitrogen and oxygen atoms in total. The fourth-order valence-electron chi connectivity index (χ4n) is 3.34. The van der Waals surface area contributed by atoms with Gasteiger partial charge in [0.1, 0.15) is 0 Å². The Bertz CT molecular complexity index is 569. The van der Waals surface area contributed by atoms with Crippen molar-refractivity contribution in [2.75, 3.05) is 39.3 Å². The number of carbonyl (C=O) groups excluding carboxylic acids is 1. The van der Waals surface area contributed by atoms with Crippen molar-refractivity contribution in [3.63, 3.8) is 0 Å². The van der Waals surface area contributed by atoms with E-state index in [9.17, 15) is 14.9 Å². The van der Waals surface area contributed by atoms with Crippen molar-refractivity contribution in [2.45, 2.75) is 18.9 Å². The second-order valence-corrected chi connectivity index (χ2v) is 6.17. The lowest BCUT2D eigenvalue weighted by atomic mass is 10.1. The van der Waals surface area contributed by atoms with Crippen molar-refractivity contribution in [3.8, 4) is 0 Å². The van der Waals surface area contributed by atoms with Crippen molar-refractivity contribution in [1.82, 2.24) is 15.1 Å². The van der Waals surface area contributed by atoms with Gasteiger partial charge < -0.3 is 10.2 Å². The number of likely N-dealkylation sites (tertiary alicyclic amines) is 1. The SMILES string of the molecule is O=C(Cc1ccc([N+](=O)[O-])cc1)N1CCC(N2CCNCC2)C1. The highest BCUT2D eigenvalue weighted by atomic mass is 16.6. The average molecular weight is 318 g/mol. The van der Waals surface area contributed by atoms with Gasteiger partial charge in [-0.2, -0.15) is 0 Å². The summed E-state index contributed by atoms with van der Waals surface area (Å²) < 4.78 is 0. The zero-order valence-corrected chi connectivity index (χ0v) is 13.1. The molecule has 1 atom stereocenters. The largest absolute Gasteiger partial charge is 0.341 e. The summed E-state index contributed by atoms with van der Waals surface area (Å²) in [5.74, 6) is 0.108. The van der Waals surface area contributed by atoms with Gasteiger partial charge in [0.2, 0.25) is 5.91 Å². The van der Waals surface area contributed by atoms with Crippen LogP contribution in [0, 0.1) is 10.1 Å². The molecule has 0 aromatic heterocycles. The van der Waals surface area contributed by atoms with Gasteiger partial charge >= 0.3 is 0 Å². The summed E-state index contributed by atoms with van der Waals surface area (Å²) >= 11 is 0. The van der Waals surface area contributed by atoms with E-state index < -0.39 is 4.92 Å². The smallest absolute Gasteiger partial charge is 0.269 e. The maximum atomic E-state index is 12.4. The van der Waals surface area contributed by atoms with E-state index in [4.69, 9.17) is 0 Å². The Hall–Kier alpha value is -1.99. The summed E-state index contributed by atoms with van der Waals surface area (Å²) in [5, 5.41) is 14.0. The lowest BCUT2D eigenvalue weighted by Gasteiger charge is -2.32.